The van der Waals surface area contributed by atoms with Crippen LogP contribution in [-0.4, -0.2) is 13.4 Å². The summed E-state index contributed by atoms with van der Waals surface area (Å²) in [6.45, 7) is 2.05. The van der Waals surface area contributed by atoms with E-state index in [1.165, 1.54) is 12.1 Å². The maximum Gasteiger partial charge on any atom is 0.261 e. The Balaban J connectivity index is 1.47. The Morgan fingerprint density at radius 2 is 1.42 bits per heavy atom. The van der Waals surface area contributed by atoms with E-state index in [0.717, 1.165) is 38.7 Å². The van der Waals surface area contributed by atoms with Crippen molar-refractivity contribution in [1.29, 1.82) is 0 Å². The van der Waals surface area contributed by atoms with Gasteiger partial charge >= 0.3 is 0 Å². The average molecular weight is 455 g/mol. The minimum atomic E-state index is -3.70. The molecule has 0 atom stereocenters. The molecule has 0 unspecified atom stereocenters. The van der Waals surface area contributed by atoms with Crippen molar-refractivity contribution in [3.63, 3.8) is 0 Å². The number of pyridine rings is 1. The second kappa shape index (κ2) is 8.11. The molecule has 0 aliphatic carbocycles. The summed E-state index contributed by atoms with van der Waals surface area (Å²) in [7, 11) is -3.70. The Bertz CT molecular complexity index is 1580. The van der Waals surface area contributed by atoms with E-state index in [2.05, 4.69) is 29.1 Å². The standard InChI is InChI=1S/C26H22N4O2S/c1-17-5-4-7-23-25(17)29-24-8-3-2-6-22(24)26(23)28-19-11-13-20(14-12-19)30-33(31,32)21-15-9-18(27)10-16-21/h2-16,30H,27H2,1H3,(H,28,29). The van der Waals surface area contributed by atoms with Gasteiger partial charge in [-0.15, -0.1) is 0 Å². The number of sulfonamides is 1. The molecule has 0 aliphatic heterocycles. The van der Waals surface area contributed by atoms with Crippen LogP contribution in [-0.2, 0) is 10.0 Å². The number of nitrogen functional groups attached to an aromatic ring is 1. The Hall–Kier alpha value is -4.10. The SMILES string of the molecule is Cc1cccc2c(Nc3ccc(NS(=O)(=O)c4ccc(N)cc4)cc3)c3ccccc3nc12. The highest BCUT2D eigenvalue weighted by molar-refractivity contribution is 7.92. The molecule has 0 bridgehead atoms. The summed E-state index contributed by atoms with van der Waals surface area (Å²) in [5.74, 6) is 0. The first kappa shape index (κ1) is 20.8. The van der Waals surface area contributed by atoms with Gasteiger partial charge in [0.1, 0.15) is 0 Å². The molecule has 0 fully saturated rings. The smallest absolute Gasteiger partial charge is 0.261 e. The zero-order chi connectivity index (χ0) is 23.0. The van der Waals surface area contributed by atoms with E-state index in [1.807, 2.05) is 42.5 Å². The number of fused-ring (bicyclic) bond motifs is 2. The van der Waals surface area contributed by atoms with Crippen molar-refractivity contribution in [2.75, 3.05) is 15.8 Å². The molecule has 0 aliphatic rings. The van der Waals surface area contributed by atoms with Crippen LogP contribution in [0.15, 0.2) is 95.9 Å². The van der Waals surface area contributed by atoms with Gasteiger partial charge in [-0.25, -0.2) is 13.4 Å². The first-order chi connectivity index (χ1) is 15.9. The quantitative estimate of drug-likeness (QED) is 0.230. The number of aryl methyl sites for hydroxylation is 1. The second-order valence-electron chi connectivity index (χ2n) is 7.85. The van der Waals surface area contributed by atoms with Gasteiger partial charge in [-0.1, -0.05) is 36.4 Å². The number of rotatable bonds is 5. The predicted octanol–water partition coefficient (Wildman–Crippen LogP) is 5.82. The van der Waals surface area contributed by atoms with E-state index in [9.17, 15) is 8.42 Å². The van der Waals surface area contributed by atoms with E-state index in [-0.39, 0.29) is 4.90 Å². The van der Waals surface area contributed by atoms with Crippen LogP contribution in [0.4, 0.5) is 22.7 Å². The Morgan fingerprint density at radius 3 is 2.18 bits per heavy atom. The first-order valence-corrected chi connectivity index (χ1v) is 11.9. The van der Waals surface area contributed by atoms with E-state index >= 15 is 0 Å². The third kappa shape index (κ3) is 4.06. The summed E-state index contributed by atoms with van der Waals surface area (Å²) in [5, 5.41) is 5.56. The third-order valence-electron chi connectivity index (χ3n) is 5.51. The average Bonchev–Trinajstić information content (AvgIpc) is 2.81. The number of nitrogens with two attached hydrogens (primary N) is 1. The lowest BCUT2D eigenvalue weighted by atomic mass is 10.0. The summed E-state index contributed by atoms with van der Waals surface area (Å²) in [6.07, 6.45) is 0. The number of benzene rings is 4. The van der Waals surface area contributed by atoms with Crippen molar-refractivity contribution in [3.8, 4) is 0 Å². The Kier molecular flexibility index (Phi) is 5.11. The van der Waals surface area contributed by atoms with Gasteiger partial charge in [0.05, 0.1) is 21.6 Å². The molecule has 1 heterocycles. The van der Waals surface area contributed by atoms with Gasteiger partial charge in [0.2, 0.25) is 0 Å². The maximum atomic E-state index is 12.6. The monoisotopic (exact) mass is 454 g/mol. The highest BCUT2D eigenvalue weighted by Crippen LogP contribution is 2.34. The first-order valence-electron chi connectivity index (χ1n) is 10.4. The predicted molar refractivity (Wildman–Crippen MR) is 135 cm³/mol. The Morgan fingerprint density at radius 1 is 0.758 bits per heavy atom. The molecule has 0 amide bonds. The maximum absolute atomic E-state index is 12.6. The highest BCUT2D eigenvalue weighted by Gasteiger charge is 2.14. The van der Waals surface area contributed by atoms with Crippen LogP contribution in [0.1, 0.15) is 5.56 Å². The number of hydrogen-bond donors (Lipinski definition) is 3. The highest BCUT2D eigenvalue weighted by atomic mass is 32.2. The fraction of sp³-hybridized carbons (Fsp3) is 0.0385. The number of para-hydroxylation sites is 2. The topological polar surface area (TPSA) is 97.1 Å². The molecule has 6 nitrogen and oxygen atoms in total. The molecule has 5 aromatic rings. The lowest BCUT2D eigenvalue weighted by Gasteiger charge is -2.15. The molecule has 0 saturated carbocycles. The summed E-state index contributed by atoms with van der Waals surface area (Å²) >= 11 is 0. The van der Waals surface area contributed by atoms with Gasteiger partial charge in [-0.05, 0) is 67.1 Å². The van der Waals surface area contributed by atoms with Gasteiger partial charge in [-0.2, -0.15) is 0 Å². The van der Waals surface area contributed by atoms with Gasteiger partial charge in [0, 0.05) is 27.8 Å². The molecule has 164 valence electrons. The molecule has 5 rings (SSSR count). The summed E-state index contributed by atoms with van der Waals surface area (Å²) in [6, 6.07) is 27.4. The van der Waals surface area contributed by atoms with Crippen LogP contribution in [0.3, 0.4) is 0 Å². The van der Waals surface area contributed by atoms with Crippen molar-refractivity contribution < 1.29 is 8.42 Å². The van der Waals surface area contributed by atoms with Gasteiger partial charge in [-0.3, -0.25) is 4.72 Å². The number of nitrogens with one attached hydrogen (secondary N) is 2. The second-order valence-corrected chi connectivity index (χ2v) is 9.53. The summed E-state index contributed by atoms with van der Waals surface area (Å²) in [4.78, 5) is 5.00. The largest absolute Gasteiger partial charge is 0.399 e. The number of hydrogen-bond acceptors (Lipinski definition) is 5. The molecule has 0 radical (unpaired) electrons. The summed E-state index contributed by atoms with van der Waals surface area (Å²) < 4.78 is 27.9. The van der Waals surface area contributed by atoms with Crippen LogP contribution in [0, 0.1) is 6.92 Å². The van der Waals surface area contributed by atoms with Gasteiger partial charge < -0.3 is 11.1 Å². The molecule has 4 N–H and O–H groups in total. The number of nitrogens with zero attached hydrogens (tertiary/aromatic N) is 1. The van der Waals surface area contributed by atoms with Crippen LogP contribution < -0.4 is 15.8 Å². The van der Waals surface area contributed by atoms with Crippen molar-refractivity contribution in [2.45, 2.75) is 11.8 Å². The minimum absolute atomic E-state index is 0.156. The molecule has 7 heteroatoms. The zero-order valence-corrected chi connectivity index (χ0v) is 18.7. The fourth-order valence-electron chi connectivity index (χ4n) is 3.82. The van der Waals surface area contributed by atoms with Gasteiger partial charge in [0.25, 0.3) is 10.0 Å². The van der Waals surface area contributed by atoms with E-state index in [1.54, 1.807) is 24.3 Å². The minimum Gasteiger partial charge on any atom is -0.399 e. The van der Waals surface area contributed by atoms with Crippen LogP contribution in [0.2, 0.25) is 0 Å². The Labute approximate surface area is 192 Å². The zero-order valence-electron chi connectivity index (χ0n) is 17.9. The third-order valence-corrected chi connectivity index (χ3v) is 6.91. The fourth-order valence-corrected chi connectivity index (χ4v) is 4.88. The molecule has 1 aromatic heterocycles. The molecule has 0 spiro atoms. The summed E-state index contributed by atoms with van der Waals surface area (Å²) in [5.41, 5.74) is 11.4. The van der Waals surface area contributed by atoms with E-state index in [0.29, 0.717) is 11.4 Å². The molecular weight excluding hydrogens is 432 g/mol. The number of aromatic nitrogens is 1. The molecule has 0 saturated heterocycles. The molecule has 4 aromatic carbocycles. The van der Waals surface area contributed by atoms with Crippen molar-refractivity contribution in [3.05, 3.63) is 96.6 Å². The van der Waals surface area contributed by atoms with Crippen molar-refractivity contribution in [2.24, 2.45) is 0 Å². The lowest BCUT2D eigenvalue weighted by Crippen LogP contribution is -2.12. The van der Waals surface area contributed by atoms with Crippen LogP contribution in [0.25, 0.3) is 21.8 Å². The number of anilines is 4. The molecular formula is C26H22N4O2S. The van der Waals surface area contributed by atoms with Crippen molar-refractivity contribution >= 4 is 54.6 Å². The van der Waals surface area contributed by atoms with Crippen molar-refractivity contribution in [1.82, 2.24) is 4.98 Å². The van der Waals surface area contributed by atoms with E-state index < -0.39 is 10.0 Å². The van der Waals surface area contributed by atoms with E-state index in [4.69, 9.17) is 10.7 Å². The van der Waals surface area contributed by atoms with Crippen LogP contribution >= 0.6 is 0 Å². The lowest BCUT2D eigenvalue weighted by molar-refractivity contribution is 0.601. The van der Waals surface area contributed by atoms with Crippen LogP contribution in [0.5, 0.6) is 0 Å². The molecule has 33 heavy (non-hydrogen) atoms. The van der Waals surface area contributed by atoms with Gasteiger partial charge in [0.15, 0.2) is 0 Å². The normalized spacial score (nSPS) is 11.5.